The van der Waals surface area contributed by atoms with E-state index in [0.717, 1.165) is 24.1 Å². The lowest BCUT2D eigenvalue weighted by molar-refractivity contribution is 0.362. The molecule has 0 radical (unpaired) electrons. The Labute approximate surface area is 144 Å². The van der Waals surface area contributed by atoms with Gasteiger partial charge in [0.1, 0.15) is 0 Å². The number of nitrogens with one attached hydrogen (secondary N) is 1. The van der Waals surface area contributed by atoms with Crippen molar-refractivity contribution < 1.29 is 0 Å². The highest BCUT2D eigenvalue weighted by Gasteiger charge is 2.29. The number of likely N-dealkylation sites (N-methyl/N-ethyl adjacent to an activating group) is 1. The maximum Gasteiger partial charge on any atom is 0.0707 e. The van der Waals surface area contributed by atoms with Gasteiger partial charge < -0.3 is 10.2 Å². The van der Waals surface area contributed by atoms with Gasteiger partial charge in [-0.25, -0.2) is 0 Å². The summed E-state index contributed by atoms with van der Waals surface area (Å²) in [4.78, 5) is 2.20. The molecule has 1 aromatic rings. The van der Waals surface area contributed by atoms with Crippen molar-refractivity contribution in [2.75, 3.05) is 44.4 Å². The second kappa shape index (κ2) is 8.82. The summed E-state index contributed by atoms with van der Waals surface area (Å²) in [6, 6.07) is 0.367. The first kappa shape index (κ1) is 17.7. The Morgan fingerprint density at radius 3 is 2.95 bits per heavy atom. The van der Waals surface area contributed by atoms with E-state index in [1.807, 2.05) is 6.20 Å². The second-order valence-corrected chi connectivity index (χ2v) is 8.77. The van der Waals surface area contributed by atoms with E-state index in [9.17, 15) is 0 Å². The third kappa shape index (κ3) is 4.89. The first-order chi connectivity index (χ1) is 10.1. The topological polar surface area (TPSA) is 33.1 Å². The molecular formula is C14H25BrN4S2. The summed E-state index contributed by atoms with van der Waals surface area (Å²) in [6.45, 7) is 5.10. The molecule has 0 amide bonds. The van der Waals surface area contributed by atoms with E-state index in [4.69, 9.17) is 0 Å². The minimum atomic E-state index is 0.367. The Hall–Kier alpha value is 0.310. The summed E-state index contributed by atoms with van der Waals surface area (Å²) in [5.41, 5.74) is 1.30. The molecule has 1 aliphatic rings. The van der Waals surface area contributed by atoms with Gasteiger partial charge in [-0.3, -0.25) is 4.68 Å². The lowest BCUT2D eigenvalue weighted by Gasteiger charge is -2.31. The van der Waals surface area contributed by atoms with Gasteiger partial charge in [-0.1, -0.05) is 6.92 Å². The summed E-state index contributed by atoms with van der Waals surface area (Å²) in [7, 11) is 4.21. The van der Waals surface area contributed by atoms with Gasteiger partial charge in [0.15, 0.2) is 0 Å². The second-order valence-electron chi connectivity index (χ2n) is 5.42. The van der Waals surface area contributed by atoms with E-state index >= 15 is 0 Å². The Balaban J connectivity index is 2.19. The summed E-state index contributed by atoms with van der Waals surface area (Å²) in [5.74, 6) is 3.75. The summed E-state index contributed by atoms with van der Waals surface area (Å²) < 4.78 is 3.29. The Kier molecular flexibility index (Phi) is 7.41. The largest absolute Gasteiger partial charge is 0.308 e. The van der Waals surface area contributed by atoms with Crippen molar-refractivity contribution in [3.63, 3.8) is 0 Å². The molecule has 2 rings (SSSR count). The van der Waals surface area contributed by atoms with Crippen LogP contribution in [0.3, 0.4) is 0 Å². The SMILES string of the molecule is CCNC(c1c(Br)cnn1CCN(C)C)C1CSCCS1. The average molecular weight is 393 g/mol. The molecule has 0 spiro atoms. The highest BCUT2D eigenvalue weighted by atomic mass is 79.9. The van der Waals surface area contributed by atoms with Crippen molar-refractivity contribution in [3.8, 4) is 0 Å². The van der Waals surface area contributed by atoms with E-state index in [-0.39, 0.29) is 0 Å². The maximum absolute atomic E-state index is 4.57. The minimum Gasteiger partial charge on any atom is -0.308 e. The van der Waals surface area contributed by atoms with Crippen LogP contribution in [-0.2, 0) is 6.54 Å². The third-order valence-electron chi connectivity index (χ3n) is 3.52. The molecule has 1 fully saturated rings. The Morgan fingerprint density at radius 2 is 2.33 bits per heavy atom. The molecule has 120 valence electrons. The van der Waals surface area contributed by atoms with Gasteiger partial charge >= 0.3 is 0 Å². The molecule has 2 atom stereocenters. The zero-order valence-electron chi connectivity index (χ0n) is 13.0. The van der Waals surface area contributed by atoms with Gasteiger partial charge in [0.25, 0.3) is 0 Å². The molecule has 1 saturated heterocycles. The monoisotopic (exact) mass is 392 g/mol. The zero-order chi connectivity index (χ0) is 15.2. The number of hydrogen-bond donors (Lipinski definition) is 1. The van der Waals surface area contributed by atoms with E-state index in [2.05, 4.69) is 80.5 Å². The Bertz CT molecular complexity index is 433. The van der Waals surface area contributed by atoms with Gasteiger partial charge in [0.05, 0.1) is 29.0 Å². The first-order valence-electron chi connectivity index (χ1n) is 7.42. The molecule has 2 unspecified atom stereocenters. The predicted molar refractivity (Wildman–Crippen MR) is 98.5 cm³/mol. The van der Waals surface area contributed by atoms with Crippen molar-refractivity contribution in [1.82, 2.24) is 20.0 Å². The summed E-state index contributed by atoms with van der Waals surface area (Å²) in [5, 5.41) is 8.88. The normalized spacial score (nSPS) is 20.9. The first-order valence-corrected chi connectivity index (χ1v) is 10.4. The summed E-state index contributed by atoms with van der Waals surface area (Å²) in [6.07, 6.45) is 1.94. The lowest BCUT2D eigenvalue weighted by Crippen LogP contribution is -2.36. The quantitative estimate of drug-likeness (QED) is 0.770. The van der Waals surface area contributed by atoms with E-state index in [1.165, 1.54) is 23.0 Å². The van der Waals surface area contributed by atoms with E-state index in [0.29, 0.717) is 11.3 Å². The molecule has 7 heteroatoms. The fourth-order valence-electron chi connectivity index (χ4n) is 2.48. The average Bonchev–Trinajstić information content (AvgIpc) is 2.84. The van der Waals surface area contributed by atoms with Crippen molar-refractivity contribution in [2.24, 2.45) is 0 Å². The molecule has 2 heterocycles. The van der Waals surface area contributed by atoms with Crippen LogP contribution < -0.4 is 5.32 Å². The minimum absolute atomic E-state index is 0.367. The van der Waals surface area contributed by atoms with Gasteiger partial charge in [-0.2, -0.15) is 28.6 Å². The molecule has 0 saturated carbocycles. The molecule has 0 aromatic carbocycles. The molecule has 4 nitrogen and oxygen atoms in total. The fourth-order valence-corrected chi connectivity index (χ4v) is 5.86. The van der Waals surface area contributed by atoms with Crippen molar-refractivity contribution >= 4 is 39.5 Å². The zero-order valence-corrected chi connectivity index (χ0v) is 16.2. The van der Waals surface area contributed by atoms with Crippen molar-refractivity contribution in [2.45, 2.75) is 24.8 Å². The number of thioether (sulfide) groups is 2. The molecule has 0 aliphatic carbocycles. The smallest absolute Gasteiger partial charge is 0.0707 e. The van der Waals surface area contributed by atoms with Gasteiger partial charge in [0, 0.05) is 29.1 Å². The van der Waals surface area contributed by atoms with Crippen LogP contribution in [-0.4, -0.2) is 64.4 Å². The van der Waals surface area contributed by atoms with Gasteiger partial charge in [-0.15, -0.1) is 0 Å². The maximum atomic E-state index is 4.57. The van der Waals surface area contributed by atoms with E-state index < -0.39 is 0 Å². The van der Waals surface area contributed by atoms with E-state index in [1.54, 1.807) is 0 Å². The number of nitrogens with zero attached hydrogens (tertiary/aromatic N) is 3. The van der Waals surface area contributed by atoms with Crippen molar-refractivity contribution in [1.29, 1.82) is 0 Å². The summed E-state index contributed by atoms with van der Waals surface area (Å²) >= 11 is 7.87. The lowest BCUT2D eigenvalue weighted by atomic mass is 10.1. The highest BCUT2D eigenvalue weighted by molar-refractivity contribution is 9.10. The van der Waals surface area contributed by atoms with Crippen LogP contribution in [0.1, 0.15) is 18.7 Å². The van der Waals surface area contributed by atoms with Crippen LogP contribution in [0.5, 0.6) is 0 Å². The molecule has 1 aliphatic heterocycles. The predicted octanol–water partition coefficient (Wildman–Crippen LogP) is 2.71. The van der Waals surface area contributed by atoms with Crippen LogP contribution in [0.15, 0.2) is 10.7 Å². The van der Waals surface area contributed by atoms with Crippen LogP contribution >= 0.6 is 39.5 Å². The fraction of sp³-hybridized carbons (Fsp3) is 0.786. The molecule has 1 N–H and O–H groups in total. The van der Waals surface area contributed by atoms with Crippen molar-refractivity contribution in [3.05, 3.63) is 16.4 Å². The van der Waals surface area contributed by atoms with Crippen LogP contribution in [0.2, 0.25) is 0 Å². The third-order valence-corrected chi connectivity index (χ3v) is 7.00. The molecular weight excluding hydrogens is 368 g/mol. The Morgan fingerprint density at radius 1 is 1.52 bits per heavy atom. The number of hydrogen-bond acceptors (Lipinski definition) is 5. The standard InChI is InChI=1S/C14H25BrN4S2/c1-4-16-13(12-10-20-7-8-21-12)14-11(15)9-17-19(14)6-5-18(2)3/h9,12-13,16H,4-8,10H2,1-3H3. The van der Waals surface area contributed by atoms with Crippen LogP contribution in [0.4, 0.5) is 0 Å². The van der Waals surface area contributed by atoms with Gasteiger partial charge in [-0.05, 0) is 36.6 Å². The highest BCUT2D eigenvalue weighted by Crippen LogP contribution is 2.36. The molecule has 0 bridgehead atoms. The van der Waals surface area contributed by atoms with Gasteiger partial charge in [0.2, 0.25) is 0 Å². The number of rotatable bonds is 7. The van der Waals surface area contributed by atoms with Crippen LogP contribution in [0, 0.1) is 0 Å². The number of halogens is 1. The molecule has 1 aromatic heterocycles. The number of aromatic nitrogens is 2. The molecule has 21 heavy (non-hydrogen) atoms. The van der Waals surface area contributed by atoms with Crippen LogP contribution in [0.25, 0.3) is 0 Å².